The first-order valence-corrected chi connectivity index (χ1v) is 7.53. The van der Waals surface area contributed by atoms with E-state index in [9.17, 15) is 4.79 Å². The summed E-state index contributed by atoms with van der Waals surface area (Å²) in [5, 5.41) is 0. The Morgan fingerprint density at radius 2 is 2.00 bits per heavy atom. The van der Waals surface area contributed by atoms with Crippen LogP contribution in [0, 0.1) is 12.8 Å². The van der Waals surface area contributed by atoms with Crippen LogP contribution in [0.25, 0.3) is 5.57 Å². The molecule has 2 aromatic rings. The maximum atomic E-state index is 12.3. The molecular formula is C19H20O2. The average molecular weight is 280 g/mol. The van der Waals surface area contributed by atoms with E-state index in [0.29, 0.717) is 12.2 Å². The lowest BCUT2D eigenvalue weighted by Crippen LogP contribution is -2.16. The summed E-state index contributed by atoms with van der Waals surface area (Å²) in [5.41, 5.74) is 3.72. The molecule has 1 aliphatic rings. The Kier molecular flexibility index (Phi) is 3.78. The van der Waals surface area contributed by atoms with Crippen molar-refractivity contribution in [1.29, 1.82) is 0 Å². The third-order valence-corrected chi connectivity index (χ3v) is 4.31. The van der Waals surface area contributed by atoms with E-state index in [0.717, 1.165) is 12.2 Å². The van der Waals surface area contributed by atoms with Gasteiger partial charge in [-0.1, -0.05) is 42.8 Å². The summed E-state index contributed by atoms with van der Waals surface area (Å²) in [4.78, 5) is 12.3. The Bertz CT molecular complexity index is 647. The van der Waals surface area contributed by atoms with Gasteiger partial charge in [0.15, 0.2) is 0 Å². The van der Waals surface area contributed by atoms with Crippen molar-refractivity contribution in [2.45, 2.75) is 32.6 Å². The molecule has 108 valence electrons. The molecule has 0 fully saturated rings. The molecule has 0 bridgehead atoms. The average Bonchev–Trinajstić information content (AvgIpc) is 3.16. The van der Waals surface area contributed by atoms with E-state index in [1.807, 2.05) is 19.1 Å². The molecule has 0 saturated heterocycles. The molecular weight excluding hydrogens is 260 g/mol. The van der Waals surface area contributed by atoms with Crippen molar-refractivity contribution >= 4 is 11.4 Å². The van der Waals surface area contributed by atoms with Gasteiger partial charge in [0.05, 0.1) is 6.26 Å². The van der Waals surface area contributed by atoms with E-state index in [4.69, 9.17) is 4.42 Å². The first-order chi connectivity index (χ1) is 10.2. The van der Waals surface area contributed by atoms with E-state index in [1.165, 1.54) is 16.7 Å². The molecule has 0 saturated carbocycles. The summed E-state index contributed by atoms with van der Waals surface area (Å²) in [5.74, 6) is 1.29. The number of hydrogen-bond donors (Lipinski definition) is 0. The molecule has 0 radical (unpaired) electrons. The molecule has 0 spiro atoms. The molecule has 0 amide bonds. The number of furan rings is 1. The monoisotopic (exact) mass is 280 g/mol. The second kappa shape index (κ2) is 5.72. The molecule has 3 rings (SSSR count). The molecule has 1 aromatic carbocycles. The zero-order valence-electron chi connectivity index (χ0n) is 12.5. The van der Waals surface area contributed by atoms with Crippen LogP contribution in [-0.4, -0.2) is 5.78 Å². The Labute approximate surface area is 125 Å². The maximum Gasteiger partial charge on any atom is 0.140 e. The van der Waals surface area contributed by atoms with E-state index in [2.05, 4.69) is 37.3 Å². The van der Waals surface area contributed by atoms with Crippen LogP contribution >= 0.6 is 0 Å². The highest BCUT2D eigenvalue weighted by Crippen LogP contribution is 2.43. The number of hydrogen-bond acceptors (Lipinski definition) is 2. The third-order valence-electron chi connectivity index (χ3n) is 4.31. The molecule has 0 N–H and O–H groups in total. The first kappa shape index (κ1) is 13.9. The normalized spacial score (nSPS) is 21.3. The van der Waals surface area contributed by atoms with Gasteiger partial charge >= 0.3 is 0 Å². The van der Waals surface area contributed by atoms with Crippen molar-refractivity contribution < 1.29 is 9.21 Å². The fourth-order valence-corrected chi connectivity index (χ4v) is 3.08. The van der Waals surface area contributed by atoms with E-state index in [-0.39, 0.29) is 11.8 Å². The number of allylic oxidation sites excluding steroid dienone is 2. The fraction of sp³-hybridized carbons (Fsp3) is 0.316. The summed E-state index contributed by atoms with van der Waals surface area (Å²) >= 11 is 0. The second-order valence-electron chi connectivity index (χ2n) is 5.73. The van der Waals surface area contributed by atoms with E-state index >= 15 is 0 Å². The van der Waals surface area contributed by atoms with Crippen LogP contribution in [0.5, 0.6) is 0 Å². The molecule has 1 aromatic heterocycles. The number of carbonyl (C=O) groups is 1. The van der Waals surface area contributed by atoms with E-state index < -0.39 is 0 Å². The quantitative estimate of drug-likeness (QED) is 0.808. The van der Waals surface area contributed by atoms with Gasteiger partial charge in [-0.15, -0.1) is 0 Å². The standard InChI is InChI=1S/C19H20O2/c1-3-18(20)16-11-15(14-8-6-13(2)7-9-14)12-17(16)19-5-4-10-21-19/h4-11,16-17H,3,12H2,1-2H3. The van der Waals surface area contributed by atoms with Crippen molar-refractivity contribution in [2.24, 2.45) is 5.92 Å². The number of aryl methyl sites for hydroxylation is 1. The Morgan fingerprint density at radius 1 is 1.24 bits per heavy atom. The van der Waals surface area contributed by atoms with Crippen LogP contribution in [-0.2, 0) is 4.79 Å². The van der Waals surface area contributed by atoms with Crippen molar-refractivity contribution in [2.75, 3.05) is 0 Å². The topological polar surface area (TPSA) is 30.2 Å². The van der Waals surface area contributed by atoms with Crippen molar-refractivity contribution in [1.82, 2.24) is 0 Å². The minimum absolute atomic E-state index is 0.0579. The van der Waals surface area contributed by atoms with Gasteiger partial charge in [-0.05, 0) is 36.6 Å². The molecule has 1 heterocycles. The summed E-state index contributed by atoms with van der Waals surface area (Å²) < 4.78 is 5.56. The van der Waals surface area contributed by atoms with Gasteiger partial charge < -0.3 is 4.42 Å². The lowest BCUT2D eigenvalue weighted by molar-refractivity contribution is -0.121. The Balaban J connectivity index is 1.93. The third kappa shape index (κ3) is 2.71. The molecule has 21 heavy (non-hydrogen) atoms. The van der Waals surface area contributed by atoms with Crippen LogP contribution in [0.2, 0.25) is 0 Å². The molecule has 1 aliphatic carbocycles. The summed E-state index contributed by atoms with van der Waals surface area (Å²) in [6, 6.07) is 12.4. The van der Waals surface area contributed by atoms with Gasteiger partial charge in [0, 0.05) is 18.3 Å². The first-order valence-electron chi connectivity index (χ1n) is 7.53. The molecule has 2 atom stereocenters. The highest BCUT2D eigenvalue weighted by molar-refractivity contribution is 5.88. The number of ketones is 1. The smallest absolute Gasteiger partial charge is 0.140 e. The zero-order chi connectivity index (χ0) is 14.8. The molecule has 2 nitrogen and oxygen atoms in total. The number of carbonyl (C=O) groups excluding carboxylic acids is 1. The SMILES string of the molecule is CCC(=O)C1C=C(c2ccc(C)cc2)CC1c1ccco1. The van der Waals surface area contributed by atoms with Crippen LogP contribution in [0.15, 0.2) is 53.2 Å². The van der Waals surface area contributed by atoms with Gasteiger partial charge in [0.1, 0.15) is 11.5 Å². The van der Waals surface area contributed by atoms with Gasteiger partial charge in [0.25, 0.3) is 0 Å². The van der Waals surface area contributed by atoms with Crippen molar-refractivity contribution in [3.05, 3.63) is 65.6 Å². The number of Topliss-reactive ketones (excluding diaryl/α,β-unsaturated/α-hetero) is 1. The van der Waals surface area contributed by atoms with Crippen molar-refractivity contribution in [3.63, 3.8) is 0 Å². The minimum atomic E-state index is -0.0579. The lowest BCUT2D eigenvalue weighted by Gasteiger charge is -2.15. The Hall–Kier alpha value is -2.09. The number of benzene rings is 1. The van der Waals surface area contributed by atoms with E-state index in [1.54, 1.807) is 6.26 Å². The van der Waals surface area contributed by atoms with Crippen molar-refractivity contribution in [3.8, 4) is 0 Å². The predicted molar refractivity (Wildman–Crippen MR) is 84.0 cm³/mol. The zero-order valence-corrected chi connectivity index (χ0v) is 12.5. The maximum absolute atomic E-state index is 12.3. The molecule has 2 heteroatoms. The van der Waals surface area contributed by atoms with Gasteiger partial charge in [-0.3, -0.25) is 4.79 Å². The summed E-state index contributed by atoms with van der Waals surface area (Å²) in [6.45, 7) is 4.01. The predicted octanol–water partition coefficient (Wildman–Crippen LogP) is 4.75. The van der Waals surface area contributed by atoms with Gasteiger partial charge in [-0.25, -0.2) is 0 Å². The summed E-state index contributed by atoms with van der Waals surface area (Å²) in [7, 11) is 0. The van der Waals surface area contributed by atoms with Gasteiger partial charge in [-0.2, -0.15) is 0 Å². The van der Waals surface area contributed by atoms with Crippen LogP contribution in [0.1, 0.15) is 42.6 Å². The lowest BCUT2D eigenvalue weighted by atomic mass is 9.88. The highest BCUT2D eigenvalue weighted by Gasteiger charge is 2.34. The van der Waals surface area contributed by atoms with Gasteiger partial charge in [0.2, 0.25) is 0 Å². The summed E-state index contributed by atoms with van der Waals surface area (Å²) in [6.07, 6.45) is 5.27. The number of rotatable bonds is 4. The van der Waals surface area contributed by atoms with Crippen LogP contribution in [0.3, 0.4) is 0 Å². The van der Waals surface area contributed by atoms with Crippen LogP contribution < -0.4 is 0 Å². The second-order valence-corrected chi connectivity index (χ2v) is 5.73. The Morgan fingerprint density at radius 3 is 2.62 bits per heavy atom. The van der Waals surface area contributed by atoms with Crippen LogP contribution in [0.4, 0.5) is 0 Å². The largest absolute Gasteiger partial charge is 0.469 e. The fourth-order valence-electron chi connectivity index (χ4n) is 3.08. The molecule has 0 aliphatic heterocycles. The minimum Gasteiger partial charge on any atom is -0.469 e. The highest BCUT2D eigenvalue weighted by atomic mass is 16.3. The molecule has 2 unspecified atom stereocenters.